The highest BCUT2D eigenvalue weighted by Crippen LogP contribution is 2.32. The highest BCUT2D eigenvalue weighted by Gasteiger charge is 2.16. The van der Waals surface area contributed by atoms with Crippen LogP contribution in [0.2, 0.25) is 0 Å². The molecule has 0 saturated carbocycles. The minimum atomic E-state index is -0.00507. The maximum absolute atomic E-state index is 13.1. The van der Waals surface area contributed by atoms with E-state index in [1.807, 2.05) is 50.5 Å². The van der Waals surface area contributed by atoms with E-state index in [1.165, 1.54) is 0 Å². The van der Waals surface area contributed by atoms with Crippen LogP contribution in [0, 0.1) is 0 Å². The maximum atomic E-state index is 13.1. The predicted molar refractivity (Wildman–Crippen MR) is 116 cm³/mol. The van der Waals surface area contributed by atoms with E-state index in [0.717, 1.165) is 43.2 Å². The molecular weight excluding hydrogens is 416 g/mol. The van der Waals surface area contributed by atoms with Gasteiger partial charge >= 0.3 is 0 Å². The van der Waals surface area contributed by atoms with Crippen LogP contribution in [-0.4, -0.2) is 19.3 Å². The third-order valence-electron chi connectivity index (χ3n) is 5.32. The van der Waals surface area contributed by atoms with Crippen LogP contribution in [0.3, 0.4) is 0 Å². The molecule has 0 aliphatic carbocycles. The summed E-state index contributed by atoms with van der Waals surface area (Å²) in [5, 5.41) is 9.24. The third kappa shape index (κ3) is 2.45. The van der Waals surface area contributed by atoms with Crippen molar-refractivity contribution >= 4 is 37.9 Å². The monoisotopic (exact) mass is 432 g/mol. The summed E-state index contributed by atoms with van der Waals surface area (Å²) in [6.07, 6.45) is 1.75. The normalized spacial score (nSPS) is 11.5. The van der Waals surface area contributed by atoms with Crippen LogP contribution in [0.5, 0.6) is 0 Å². The zero-order chi connectivity index (χ0) is 19.4. The minimum Gasteiger partial charge on any atom is -0.330 e. The van der Waals surface area contributed by atoms with E-state index >= 15 is 0 Å². The van der Waals surface area contributed by atoms with E-state index in [4.69, 9.17) is 0 Å². The molecule has 0 spiro atoms. The van der Waals surface area contributed by atoms with Crippen molar-refractivity contribution in [1.82, 2.24) is 19.3 Å². The van der Waals surface area contributed by atoms with Gasteiger partial charge in [-0.25, -0.2) is 0 Å². The van der Waals surface area contributed by atoms with Gasteiger partial charge in [0.1, 0.15) is 5.65 Å². The summed E-state index contributed by atoms with van der Waals surface area (Å²) < 4.78 is 4.81. The number of fused-ring (bicyclic) bond motifs is 3. The average Bonchev–Trinajstić information content (AvgIpc) is 3.33. The molecule has 0 radical (unpaired) electrons. The lowest BCUT2D eigenvalue weighted by Crippen LogP contribution is -2.20. The zero-order valence-corrected chi connectivity index (χ0v) is 17.0. The molecule has 0 aliphatic rings. The number of benzene rings is 2. The molecule has 5 aromatic rings. The lowest BCUT2D eigenvalue weighted by Gasteiger charge is -2.08. The summed E-state index contributed by atoms with van der Waals surface area (Å²) in [5.41, 5.74) is 5.63. The van der Waals surface area contributed by atoms with Crippen molar-refractivity contribution in [2.45, 2.75) is 0 Å². The first kappa shape index (κ1) is 17.0. The summed E-state index contributed by atoms with van der Waals surface area (Å²) in [4.78, 5) is 13.1. The standard InChI is InChI=1S/C22H17BrN4O/c1-26-20-8-5-14(19-9-10-24-25-19)11-17(20)18-12-16(22(28)27(2)21(18)26)13-3-6-15(23)7-4-13/h3-12H,1-2H3,(H,24,25). The van der Waals surface area contributed by atoms with Crippen LogP contribution in [0.15, 0.2) is 70.1 Å². The second-order valence-electron chi connectivity index (χ2n) is 6.93. The second-order valence-corrected chi connectivity index (χ2v) is 7.84. The van der Waals surface area contributed by atoms with Gasteiger partial charge in [0.2, 0.25) is 0 Å². The summed E-state index contributed by atoms with van der Waals surface area (Å²) in [6, 6.07) is 18.1. The molecular formula is C22H17BrN4O. The fourth-order valence-electron chi connectivity index (χ4n) is 3.91. The summed E-state index contributed by atoms with van der Waals surface area (Å²) in [6.45, 7) is 0. The number of nitrogens with one attached hydrogen (secondary N) is 1. The number of H-pyrrole nitrogens is 1. The Balaban J connectivity index is 1.86. The fraction of sp³-hybridized carbons (Fsp3) is 0.0909. The van der Waals surface area contributed by atoms with Crippen molar-refractivity contribution in [3.8, 4) is 22.4 Å². The van der Waals surface area contributed by atoms with Gasteiger partial charge in [-0.05, 0) is 42.0 Å². The topological polar surface area (TPSA) is 55.6 Å². The van der Waals surface area contributed by atoms with E-state index in [2.05, 4.69) is 48.9 Å². The summed E-state index contributed by atoms with van der Waals surface area (Å²) in [5.74, 6) is 0. The molecule has 2 aromatic carbocycles. The van der Waals surface area contributed by atoms with Crippen LogP contribution in [0.25, 0.3) is 44.3 Å². The van der Waals surface area contributed by atoms with Gasteiger partial charge in [0.15, 0.2) is 0 Å². The predicted octanol–water partition coefficient (Wildman–Crippen LogP) is 4.85. The van der Waals surface area contributed by atoms with E-state index in [1.54, 1.807) is 10.8 Å². The van der Waals surface area contributed by atoms with Crippen molar-refractivity contribution in [1.29, 1.82) is 0 Å². The van der Waals surface area contributed by atoms with E-state index in [9.17, 15) is 4.79 Å². The number of aryl methyl sites for hydroxylation is 2. The Kier molecular flexibility index (Phi) is 3.77. The molecule has 5 nitrogen and oxygen atoms in total. The van der Waals surface area contributed by atoms with E-state index in [-0.39, 0.29) is 5.56 Å². The smallest absolute Gasteiger partial charge is 0.259 e. The second kappa shape index (κ2) is 6.21. The van der Waals surface area contributed by atoms with Crippen LogP contribution in [-0.2, 0) is 14.1 Å². The molecule has 1 N–H and O–H groups in total. The first-order valence-corrected chi connectivity index (χ1v) is 9.72. The number of rotatable bonds is 2. The average molecular weight is 433 g/mol. The molecule has 0 fully saturated rings. The minimum absolute atomic E-state index is 0.00507. The fourth-order valence-corrected chi connectivity index (χ4v) is 4.18. The van der Waals surface area contributed by atoms with Gasteiger partial charge in [0, 0.05) is 46.7 Å². The number of hydrogen-bond donors (Lipinski definition) is 1. The van der Waals surface area contributed by atoms with Gasteiger partial charge in [-0.1, -0.05) is 34.1 Å². The first-order valence-electron chi connectivity index (χ1n) is 8.92. The van der Waals surface area contributed by atoms with Gasteiger partial charge in [-0.3, -0.25) is 14.5 Å². The van der Waals surface area contributed by atoms with Gasteiger partial charge < -0.3 is 4.57 Å². The highest BCUT2D eigenvalue weighted by molar-refractivity contribution is 9.10. The van der Waals surface area contributed by atoms with Crippen molar-refractivity contribution in [3.63, 3.8) is 0 Å². The van der Waals surface area contributed by atoms with Crippen LogP contribution in [0.4, 0.5) is 0 Å². The molecule has 0 amide bonds. The SMILES string of the molecule is Cn1c(=O)c(-c2ccc(Br)cc2)cc2c3cc(-c4ccn[nH]4)ccc3n(C)c21. The van der Waals surface area contributed by atoms with E-state index < -0.39 is 0 Å². The molecule has 0 aliphatic heterocycles. The van der Waals surface area contributed by atoms with Gasteiger partial charge in [-0.15, -0.1) is 0 Å². The van der Waals surface area contributed by atoms with Crippen molar-refractivity contribution in [3.05, 3.63) is 75.6 Å². The van der Waals surface area contributed by atoms with Crippen LogP contribution >= 0.6 is 15.9 Å². The molecule has 6 heteroatoms. The lowest BCUT2D eigenvalue weighted by molar-refractivity contribution is 0.846. The van der Waals surface area contributed by atoms with Gasteiger partial charge in [0.25, 0.3) is 5.56 Å². The van der Waals surface area contributed by atoms with Crippen LogP contribution in [0.1, 0.15) is 0 Å². The molecule has 3 heterocycles. The Hall–Kier alpha value is -3.12. The molecule has 0 atom stereocenters. The lowest BCUT2D eigenvalue weighted by atomic mass is 10.0. The molecule has 0 bridgehead atoms. The number of halogens is 1. The maximum Gasteiger partial charge on any atom is 0.259 e. The van der Waals surface area contributed by atoms with Crippen molar-refractivity contribution in [2.24, 2.45) is 14.1 Å². The first-order chi connectivity index (χ1) is 13.5. The number of nitrogens with zero attached hydrogens (tertiary/aromatic N) is 3. The molecule has 0 unspecified atom stereocenters. The quantitative estimate of drug-likeness (QED) is 0.433. The number of hydrogen-bond acceptors (Lipinski definition) is 2. The molecule has 138 valence electrons. The highest BCUT2D eigenvalue weighted by atomic mass is 79.9. The van der Waals surface area contributed by atoms with E-state index in [0.29, 0.717) is 5.56 Å². The molecule has 0 saturated heterocycles. The van der Waals surface area contributed by atoms with Crippen LogP contribution < -0.4 is 5.56 Å². The van der Waals surface area contributed by atoms with Gasteiger partial charge in [-0.2, -0.15) is 5.10 Å². The number of aromatic nitrogens is 4. The number of pyridine rings is 1. The Morgan fingerprint density at radius 3 is 2.36 bits per heavy atom. The zero-order valence-electron chi connectivity index (χ0n) is 15.4. The van der Waals surface area contributed by atoms with Crippen molar-refractivity contribution < 1.29 is 0 Å². The molecule has 5 rings (SSSR count). The largest absolute Gasteiger partial charge is 0.330 e. The Bertz CT molecular complexity index is 1390. The molecule has 3 aromatic heterocycles. The van der Waals surface area contributed by atoms with Gasteiger partial charge in [0.05, 0.1) is 11.2 Å². The molecule has 28 heavy (non-hydrogen) atoms. The van der Waals surface area contributed by atoms with Crippen molar-refractivity contribution in [2.75, 3.05) is 0 Å². The Labute approximate surface area is 169 Å². The summed E-state index contributed by atoms with van der Waals surface area (Å²) in [7, 11) is 3.83. The Morgan fingerprint density at radius 1 is 0.893 bits per heavy atom. The number of aromatic amines is 1. The summed E-state index contributed by atoms with van der Waals surface area (Å²) >= 11 is 3.46. The third-order valence-corrected chi connectivity index (χ3v) is 5.84. The Morgan fingerprint density at radius 2 is 1.64 bits per heavy atom.